The molecule has 5 nitrogen and oxygen atoms in total. The van der Waals surface area contributed by atoms with Crippen molar-refractivity contribution in [1.29, 1.82) is 0 Å². The Labute approximate surface area is 156 Å². The van der Waals surface area contributed by atoms with Gasteiger partial charge in [-0.25, -0.2) is 0 Å². The van der Waals surface area contributed by atoms with Crippen LogP contribution < -0.4 is 14.8 Å². The van der Waals surface area contributed by atoms with E-state index in [2.05, 4.69) is 32.3 Å². The highest BCUT2D eigenvalue weighted by atomic mass is 79.9. The molecule has 1 aliphatic heterocycles. The molecule has 3 rings (SSSR count). The number of hydrogen-bond donors (Lipinski definition) is 1. The lowest BCUT2D eigenvalue weighted by Crippen LogP contribution is -2.84. The molecule has 0 bridgehead atoms. The van der Waals surface area contributed by atoms with Crippen molar-refractivity contribution in [3.63, 3.8) is 0 Å². The molecule has 1 aromatic carbocycles. The highest BCUT2D eigenvalue weighted by Crippen LogP contribution is 2.37. The Kier molecular flexibility index (Phi) is 6.67. The number of nitrogens with zero attached hydrogens (tertiary/aromatic N) is 1. The normalized spacial score (nSPS) is 16.8. The minimum Gasteiger partial charge on any atom is -0.493 e. The quantitative estimate of drug-likeness (QED) is 0.730. The zero-order chi connectivity index (χ0) is 17.5. The molecule has 0 saturated carbocycles. The highest BCUT2D eigenvalue weighted by Gasteiger charge is 2.17. The second kappa shape index (κ2) is 9.17. The summed E-state index contributed by atoms with van der Waals surface area (Å²) in [4.78, 5) is 4.11. The van der Waals surface area contributed by atoms with Crippen LogP contribution in [0.1, 0.15) is 24.0 Å². The Bertz CT molecular complexity index is 676. The number of rotatable bonds is 8. The van der Waals surface area contributed by atoms with Gasteiger partial charge in [0.25, 0.3) is 0 Å². The first-order valence-corrected chi connectivity index (χ1v) is 9.37. The Morgan fingerprint density at radius 1 is 1.36 bits per heavy atom. The van der Waals surface area contributed by atoms with E-state index < -0.39 is 0 Å². The molecule has 1 aliphatic rings. The summed E-state index contributed by atoms with van der Waals surface area (Å²) in [5.74, 6) is 1.45. The van der Waals surface area contributed by atoms with Crippen molar-refractivity contribution in [3.05, 3.63) is 52.3 Å². The summed E-state index contributed by atoms with van der Waals surface area (Å²) in [5.41, 5.74) is 2.21. The molecule has 0 spiro atoms. The minimum absolute atomic E-state index is 0.396. The van der Waals surface area contributed by atoms with E-state index in [1.54, 1.807) is 19.5 Å². The van der Waals surface area contributed by atoms with Gasteiger partial charge < -0.3 is 19.5 Å². The van der Waals surface area contributed by atoms with Crippen LogP contribution in [0.3, 0.4) is 0 Å². The lowest BCUT2D eigenvalue weighted by molar-refractivity contribution is -0.676. The maximum absolute atomic E-state index is 5.94. The van der Waals surface area contributed by atoms with Gasteiger partial charge in [-0.15, -0.1) is 0 Å². The molecule has 0 aliphatic carbocycles. The lowest BCUT2D eigenvalue weighted by Gasteiger charge is -2.14. The summed E-state index contributed by atoms with van der Waals surface area (Å²) < 4.78 is 18.0. The molecule has 2 heterocycles. The fourth-order valence-electron chi connectivity index (χ4n) is 2.94. The third-order valence-electron chi connectivity index (χ3n) is 4.23. The van der Waals surface area contributed by atoms with Gasteiger partial charge >= 0.3 is 0 Å². The number of methoxy groups -OCH3 is 1. The van der Waals surface area contributed by atoms with E-state index in [0.29, 0.717) is 18.5 Å². The SMILES string of the molecule is COc1cc(C[NH2+]C[C@@H]2CCCO2)cc(Br)c1OCc1cccnc1. The van der Waals surface area contributed by atoms with Crippen LogP contribution in [0.15, 0.2) is 41.1 Å². The summed E-state index contributed by atoms with van der Waals surface area (Å²) in [6, 6.07) is 8.02. The minimum atomic E-state index is 0.396. The topological polar surface area (TPSA) is 57.2 Å². The molecule has 2 aromatic rings. The Hall–Kier alpha value is -1.63. The smallest absolute Gasteiger partial charge is 0.175 e. The van der Waals surface area contributed by atoms with Crippen LogP contribution in [0.2, 0.25) is 0 Å². The summed E-state index contributed by atoms with van der Waals surface area (Å²) in [5, 5.41) is 2.29. The number of halogens is 1. The molecule has 1 saturated heterocycles. The highest BCUT2D eigenvalue weighted by molar-refractivity contribution is 9.10. The predicted octanol–water partition coefficient (Wildman–Crippen LogP) is 2.67. The molecule has 25 heavy (non-hydrogen) atoms. The van der Waals surface area contributed by atoms with Crippen molar-refractivity contribution >= 4 is 15.9 Å². The second-order valence-corrected chi connectivity index (χ2v) is 6.98. The van der Waals surface area contributed by atoms with E-state index >= 15 is 0 Å². The first-order valence-electron chi connectivity index (χ1n) is 8.57. The molecular weight excluding hydrogens is 384 g/mol. The van der Waals surface area contributed by atoms with E-state index in [-0.39, 0.29) is 0 Å². The van der Waals surface area contributed by atoms with Gasteiger partial charge in [0, 0.05) is 30.1 Å². The number of pyridine rings is 1. The van der Waals surface area contributed by atoms with E-state index in [0.717, 1.165) is 35.5 Å². The zero-order valence-electron chi connectivity index (χ0n) is 14.4. The number of hydrogen-bond acceptors (Lipinski definition) is 4. The van der Waals surface area contributed by atoms with Gasteiger partial charge in [0.1, 0.15) is 25.8 Å². The lowest BCUT2D eigenvalue weighted by atomic mass is 10.2. The molecule has 1 aromatic heterocycles. The van der Waals surface area contributed by atoms with Crippen LogP contribution in [0.5, 0.6) is 11.5 Å². The van der Waals surface area contributed by atoms with Gasteiger partial charge in [0.05, 0.1) is 11.6 Å². The summed E-state index contributed by atoms with van der Waals surface area (Å²) in [7, 11) is 1.67. The first kappa shape index (κ1) is 18.2. The summed E-state index contributed by atoms with van der Waals surface area (Å²) in [6.45, 7) is 3.24. The average Bonchev–Trinajstić information content (AvgIpc) is 3.15. The van der Waals surface area contributed by atoms with Gasteiger partial charge in [0.2, 0.25) is 0 Å². The van der Waals surface area contributed by atoms with Gasteiger partial charge in [-0.3, -0.25) is 4.98 Å². The fourth-order valence-corrected chi connectivity index (χ4v) is 3.54. The largest absolute Gasteiger partial charge is 0.493 e. The van der Waals surface area contributed by atoms with E-state index in [1.165, 1.54) is 18.4 Å². The van der Waals surface area contributed by atoms with Crippen molar-refractivity contribution in [1.82, 2.24) is 4.98 Å². The summed E-state index contributed by atoms with van der Waals surface area (Å²) in [6.07, 6.45) is 6.30. The van der Waals surface area contributed by atoms with Crippen LogP contribution in [-0.2, 0) is 17.9 Å². The third kappa shape index (κ3) is 5.17. The number of aromatic nitrogens is 1. The van der Waals surface area contributed by atoms with E-state index in [4.69, 9.17) is 14.2 Å². The molecule has 0 radical (unpaired) electrons. The molecule has 1 atom stereocenters. The number of nitrogens with two attached hydrogens (primary N) is 1. The molecular formula is C19H24BrN2O3+. The van der Waals surface area contributed by atoms with Crippen LogP contribution in [0.4, 0.5) is 0 Å². The first-order chi connectivity index (χ1) is 12.3. The molecule has 134 valence electrons. The third-order valence-corrected chi connectivity index (χ3v) is 4.82. The molecule has 2 N–H and O–H groups in total. The predicted molar refractivity (Wildman–Crippen MR) is 98.7 cm³/mol. The number of benzene rings is 1. The molecule has 1 fully saturated rings. The fraction of sp³-hybridized carbons (Fsp3) is 0.421. The maximum atomic E-state index is 5.94. The number of ether oxygens (including phenoxy) is 3. The summed E-state index contributed by atoms with van der Waals surface area (Å²) >= 11 is 3.61. The molecule has 0 unspecified atom stereocenters. The van der Waals surface area contributed by atoms with Crippen LogP contribution in [0, 0.1) is 0 Å². The van der Waals surface area contributed by atoms with Crippen LogP contribution in [0.25, 0.3) is 0 Å². The van der Waals surface area contributed by atoms with Gasteiger partial charge in [-0.2, -0.15) is 0 Å². The van der Waals surface area contributed by atoms with Crippen LogP contribution >= 0.6 is 15.9 Å². The average molecular weight is 408 g/mol. The molecule has 6 heteroatoms. The van der Waals surface area contributed by atoms with Gasteiger partial charge in [-0.1, -0.05) is 6.07 Å². The van der Waals surface area contributed by atoms with Gasteiger partial charge in [-0.05, 0) is 47.0 Å². The Morgan fingerprint density at radius 2 is 2.28 bits per heavy atom. The van der Waals surface area contributed by atoms with Crippen molar-refractivity contribution in [3.8, 4) is 11.5 Å². The second-order valence-electron chi connectivity index (χ2n) is 6.12. The van der Waals surface area contributed by atoms with E-state index in [9.17, 15) is 0 Å². The van der Waals surface area contributed by atoms with Gasteiger partial charge in [0.15, 0.2) is 11.5 Å². The van der Waals surface area contributed by atoms with Crippen LogP contribution in [-0.4, -0.2) is 31.3 Å². The van der Waals surface area contributed by atoms with Crippen molar-refractivity contribution in [2.75, 3.05) is 20.3 Å². The monoisotopic (exact) mass is 407 g/mol. The van der Waals surface area contributed by atoms with Crippen molar-refractivity contribution in [2.45, 2.75) is 32.1 Å². The standard InChI is InChI=1S/C19H23BrN2O3/c1-23-18-9-15(11-22-12-16-5-3-7-24-16)8-17(20)19(18)25-13-14-4-2-6-21-10-14/h2,4,6,8-10,16,22H,3,5,7,11-13H2,1H3/p+1/t16-/m0/s1. The number of quaternary nitrogens is 1. The Balaban J connectivity index is 1.61. The van der Waals surface area contributed by atoms with Crippen molar-refractivity contribution in [2.24, 2.45) is 0 Å². The Morgan fingerprint density at radius 3 is 3.00 bits per heavy atom. The van der Waals surface area contributed by atoms with Crippen molar-refractivity contribution < 1.29 is 19.5 Å². The maximum Gasteiger partial charge on any atom is 0.175 e. The molecule has 0 amide bonds. The van der Waals surface area contributed by atoms with E-state index in [1.807, 2.05) is 18.2 Å². The zero-order valence-corrected chi connectivity index (χ0v) is 16.0.